The number of aliphatic hydroxyl groups is 3. The van der Waals surface area contributed by atoms with Crippen molar-refractivity contribution in [3.8, 4) is 0 Å². The molecule has 2 bridgehead atoms. The zero-order valence-electron chi connectivity index (χ0n) is 50.5. The van der Waals surface area contributed by atoms with E-state index in [4.69, 9.17) is 28.4 Å². The molecule has 16 atom stereocenters. The lowest BCUT2D eigenvalue weighted by Gasteiger charge is -2.42. The lowest BCUT2D eigenvalue weighted by Crippen LogP contribution is -2.61. The second kappa shape index (κ2) is 32.8. The van der Waals surface area contributed by atoms with Gasteiger partial charge in [-0.05, 0) is 182 Å². The van der Waals surface area contributed by atoms with Crippen LogP contribution in [0.1, 0.15) is 150 Å². The molecule has 1 aromatic carbocycles. The van der Waals surface area contributed by atoms with Crippen molar-refractivity contribution in [3.63, 3.8) is 0 Å². The Morgan fingerprint density at radius 2 is 1.52 bits per heavy atom. The number of rotatable bonds is 11. The van der Waals surface area contributed by atoms with Gasteiger partial charge in [0, 0.05) is 65.4 Å². The van der Waals surface area contributed by atoms with Crippen LogP contribution in [0, 0.1) is 46.2 Å². The number of anilines is 2. The molecule has 3 aliphatic heterocycles. The van der Waals surface area contributed by atoms with E-state index < -0.39 is 108 Å². The average molecular weight is 1510 g/mol. The number of esters is 2. The summed E-state index contributed by atoms with van der Waals surface area (Å²) in [6, 6.07) is -1.22. The molecule has 3 fully saturated rings. The third-order valence-electron chi connectivity index (χ3n) is 16.9. The number of nitrogens with zero attached hydrogens (tertiary/aromatic N) is 1. The van der Waals surface area contributed by atoms with Crippen molar-refractivity contribution in [1.82, 2.24) is 4.90 Å². The Morgan fingerprint density at radius 1 is 0.833 bits per heavy atom. The summed E-state index contributed by atoms with van der Waals surface area (Å²) in [5.74, 6) is -9.78. The molecule has 0 aromatic heterocycles. The van der Waals surface area contributed by atoms with Crippen molar-refractivity contribution in [2.24, 2.45) is 35.5 Å². The minimum absolute atomic E-state index is 0.0175. The highest BCUT2D eigenvalue weighted by atomic mass is 127. The summed E-state index contributed by atoms with van der Waals surface area (Å²) >= 11 is 6.09. The summed E-state index contributed by atoms with van der Waals surface area (Å²) in [5, 5.41) is 39.8. The number of aliphatic hydroxyl groups excluding tert-OH is 2. The van der Waals surface area contributed by atoms with Crippen LogP contribution in [0.3, 0.4) is 0 Å². The molecule has 1 unspecified atom stereocenters. The number of cyclic esters (lactones) is 1. The van der Waals surface area contributed by atoms with E-state index in [2.05, 4.69) is 33.2 Å². The standard InChI is InChI=1S/C62H88I3N3O16/c1-32-18-14-13-15-19-33(2)46(79-10)30-42-23-21-38(7)62(78,84-42)58(74)59(75)68-25-17-16-20-43(68)60(76)83-47(31-44(71)34(3)27-37(6)56(73)57(81-12)55(72)36(5)26-32)35(4)28-41-22-24-45(48(29-41)80-11)82-61(77)49-50(63)53(66-39(8)69)52(65)54(51(49)64)67-40(9)70/h13-15,18-19,27,32,34-36,38-39,41-43,45-48,56-57,66,69,73,78H,16-17,20-26,28-31H2,1-12H3,(H,67,70)/b15-13?,18-14+,33-19?,37-27+/t32-,34-,35-,36-,38-,39?,41+,42+,43+,45-,46+,47+,48-,56-,57+,62-/m1/s1. The number of amides is 2. The van der Waals surface area contributed by atoms with E-state index >= 15 is 0 Å². The van der Waals surface area contributed by atoms with Gasteiger partial charge in [-0.1, -0.05) is 71.1 Å². The van der Waals surface area contributed by atoms with Crippen molar-refractivity contribution in [2.45, 2.75) is 200 Å². The molecule has 3 heterocycles. The molecule has 5 rings (SSSR count). The van der Waals surface area contributed by atoms with Crippen LogP contribution < -0.4 is 10.6 Å². The normalized spacial score (nSPS) is 33.1. The highest BCUT2D eigenvalue weighted by Gasteiger charge is 2.53. The highest BCUT2D eigenvalue weighted by Crippen LogP contribution is 2.42. The zero-order valence-corrected chi connectivity index (χ0v) is 57.0. The topological polar surface area (TPSA) is 263 Å². The smallest absolute Gasteiger partial charge is 0.340 e. The molecule has 4 aliphatic rings. The predicted octanol–water partition coefficient (Wildman–Crippen LogP) is 9.57. The maximum absolute atomic E-state index is 14.7. The first-order chi connectivity index (χ1) is 39.6. The number of hydrogen-bond acceptors (Lipinski definition) is 17. The number of methoxy groups -OCH3 is 3. The van der Waals surface area contributed by atoms with Crippen LogP contribution in [-0.2, 0) is 57.2 Å². The van der Waals surface area contributed by atoms with Crippen molar-refractivity contribution >= 4 is 120 Å². The van der Waals surface area contributed by atoms with Crippen LogP contribution in [0.4, 0.5) is 11.4 Å². The molecule has 0 radical (unpaired) electrons. The molecule has 0 spiro atoms. The van der Waals surface area contributed by atoms with Gasteiger partial charge in [0.2, 0.25) is 11.7 Å². The number of piperidine rings is 1. The summed E-state index contributed by atoms with van der Waals surface area (Å²) < 4.78 is 37.8. The van der Waals surface area contributed by atoms with E-state index in [9.17, 15) is 48.9 Å². The van der Waals surface area contributed by atoms with Gasteiger partial charge in [0.25, 0.3) is 11.7 Å². The molecule has 1 aliphatic carbocycles. The number of carbonyl (C=O) groups is 7. The van der Waals surface area contributed by atoms with E-state index in [1.165, 1.54) is 33.0 Å². The van der Waals surface area contributed by atoms with Crippen LogP contribution >= 0.6 is 67.8 Å². The lowest BCUT2D eigenvalue weighted by atomic mass is 9.78. The number of fused-ring (bicyclic) bond motifs is 3. The van der Waals surface area contributed by atoms with Crippen molar-refractivity contribution in [1.29, 1.82) is 0 Å². The van der Waals surface area contributed by atoms with Crippen LogP contribution in [0.25, 0.3) is 0 Å². The van der Waals surface area contributed by atoms with Gasteiger partial charge in [-0.25, -0.2) is 9.59 Å². The summed E-state index contributed by atoms with van der Waals surface area (Å²) in [5.41, 5.74) is 2.26. The molecule has 84 heavy (non-hydrogen) atoms. The van der Waals surface area contributed by atoms with Gasteiger partial charge in [-0.15, -0.1) is 0 Å². The van der Waals surface area contributed by atoms with Crippen molar-refractivity contribution in [3.05, 3.63) is 63.9 Å². The van der Waals surface area contributed by atoms with E-state index in [1.807, 2.05) is 96.3 Å². The maximum Gasteiger partial charge on any atom is 0.340 e. The van der Waals surface area contributed by atoms with Crippen molar-refractivity contribution in [2.75, 3.05) is 38.5 Å². The summed E-state index contributed by atoms with van der Waals surface area (Å²) in [4.78, 5) is 99.7. The third-order valence-corrected chi connectivity index (χ3v) is 20.1. The largest absolute Gasteiger partial charge is 0.460 e. The van der Waals surface area contributed by atoms with E-state index in [1.54, 1.807) is 40.9 Å². The van der Waals surface area contributed by atoms with Gasteiger partial charge in [0.05, 0.1) is 46.0 Å². The first-order valence-electron chi connectivity index (χ1n) is 29.2. The number of carbonyl (C=O) groups excluding carboxylic acids is 7. The maximum atomic E-state index is 14.7. The molecular weight excluding hydrogens is 1420 g/mol. The van der Waals surface area contributed by atoms with E-state index in [-0.39, 0.29) is 60.7 Å². The van der Waals surface area contributed by atoms with Crippen LogP contribution in [0.15, 0.2) is 47.6 Å². The monoisotopic (exact) mass is 1510 g/mol. The summed E-state index contributed by atoms with van der Waals surface area (Å²) in [7, 11) is 4.46. The Hall–Kier alpha value is -3.22. The number of Topliss-reactive ketones (excluding diaryl/α,β-unsaturated/α-hetero) is 3. The minimum atomic E-state index is -2.48. The van der Waals surface area contributed by atoms with Gasteiger partial charge >= 0.3 is 11.9 Å². The summed E-state index contributed by atoms with van der Waals surface area (Å²) in [6.45, 7) is 15.5. The predicted molar refractivity (Wildman–Crippen MR) is 343 cm³/mol. The lowest BCUT2D eigenvalue weighted by molar-refractivity contribution is -0.265. The molecule has 22 heteroatoms. The Bertz CT molecular complexity index is 2660. The number of allylic oxidation sites excluding steroid dienone is 6. The third kappa shape index (κ3) is 18.4. The fraction of sp³-hybridized carbons (Fsp3) is 0.661. The van der Waals surface area contributed by atoms with Gasteiger partial charge in [-0.3, -0.25) is 24.0 Å². The number of hydrogen-bond donors (Lipinski definition) is 5. The Balaban J connectivity index is 1.46. The van der Waals surface area contributed by atoms with Crippen LogP contribution in [-0.4, -0.2) is 150 Å². The molecule has 468 valence electrons. The first kappa shape index (κ1) is 71.5. The van der Waals surface area contributed by atoms with E-state index in [0.29, 0.717) is 85.4 Å². The van der Waals surface area contributed by atoms with Gasteiger partial charge in [-0.2, -0.15) is 0 Å². The van der Waals surface area contributed by atoms with Crippen molar-refractivity contribution < 1.29 is 77.3 Å². The number of ether oxygens (including phenoxy) is 6. The SMILES string of the molecule is CO[C@H]1C[C@@H]2CC[C@@H](C)[C@@](O)(O2)C(=O)C(=O)N2CCCC[C@H]2C(=O)O[C@H]([C@H](C)C[C@@H]2CC[C@@H](OC(=O)c3c(I)c(NC(C)=O)c(I)c(NC(C)O)c3I)[C@H](OC)C2)CC(=O)[C@H](C)/C=C(\C)[C@@H](O)[C@@H](OC)C(=O)[C@H](C)C[C@H](C)/C=C/C=CC=C1C. The highest BCUT2D eigenvalue weighted by molar-refractivity contribution is 14.1. The second-order valence-corrected chi connectivity index (χ2v) is 26.8. The fourth-order valence-corrected chi connectivity index (χ4v) is 16.1. The molecule has 19 nitrogen and oxygen atoms in total. The number of halogens is 3. The molecule has 5 N–H and O–H groups in total. The average Bonchev–Trinajstić information content (AvgIpc) is 2.85. The van der Waals surface area contributed by atoms with Crippen LogP contribution in [0.5, 0.6) is 0 Å². The summed E-state index contributed by atoms with van der Waals surface area (Å²) in [6.07, 6.45) is 8.51. The Morgan fingerprint density at radius 3 is 2.17 bits per heavy atom. The number of nitrogens with one attached hydrogen (secondary N) is 2. The number of ketones is 3. The van der Waals surface area contributed by atoms with Crippen LogP contribution in [0.2, 0.25) is 0 Å². The zero-order chi connectivity index (χ0) is 62.5. The fourth-order valence-electron chi connectivity index (χ4n) is 11.9. The quantitative estimate of drug-likeness (QED) is 0.0454. The first-order valence-corrected chi connectivity index (χ1v) is 32.4. The molecule has 1 saturated carbocycles. The molecular formula is C62H88I3N3O16. The van der Waals surface area contributed by atoms with Gasteiger partial charge in [0.15, 0.2) is 5.78 Å². The minimum Gasteiger partial charge on any atom is -0.460 e. The second-order valence-electron chi connectivity index (χ2n) is 23.5. The molecule has 2 amide bonds. The van der Waals surface area contributed by atoms with Gasteiger partial charge in [0.1, 0.15) is 42.5 Å². The van der Waals surface area contributed by atoms with E-state index in [0.717, 1.165) is 5.57 Å². The number of benzene rings is 1. The molecule has 2 saturated heterocycles. The Labute approximate surface area is 536 Å². The Kier molecular flexibility index (Phi) is 28.0. The van der Waals surface area contributed by atoms with Gasteiger partial charge < -0.3 is 59.3 Å². The molecule has 1 aromatic rings.